The first-order valence-electron chi connectivity index (χ1n) is 5.90. The summed E-state index contributed by atoms with van der Waals surface area (Å²) >= 11 is 0. The first-order valence-corrected chi connectivity index (χ1v) is 5.90. The van der Waals surface area contributed by atoms with E-state index < -0.39 is 0 Å². The average molecular weight is 215 g/mol. The molecular formula is C11H13N5. The van der Waals surface area contributed by atoms with Crippen LogP contribution in [0.3, 0.4) is 0 Å². The van der Waals surface area contributed by atoms with Crippen LogP contribution in [0.1, 0.15) is 42.3 Å². The second-order valence-electron chi connectivity index (χ2n) is 4.70. The van der Waals surface area contributed by atoms with Crippen LogP contribution in [0.2, 0.25) is 0 Å². The van der Waals surface area contributed by atoms with Crippen LogP contribution < -0.4 is 0 Å². The van der Waals surface area contributed by atoms with E-state index in [0.717, 1.165) is 30.2 Å². The summed E-state index contributed by atoms with van der Waals surface area (Å²) in [5, 5.41) is 14.7. The molecule has 2 heterocycles. The number of hydrogen-bond donors (Lipinski definition) is 2. The Balaban J connectivity index is 1.77. The molecule has 0 atom stereocenters. The Morgan fingerprint density at radius 2 is 2.00 bits per heavy atom. The Kier molecular flexibility index (Phi) is 1.56. The van der Waals surface area contributed by atoms with Gasteiger partial charge in [-0.25, -0.2) is 4.98 Å². The fourth-order valence-corrected chi connectivity index (χ4v) is 2.42. The summed E-state index contributed by atoms with van der Waals surface area (Å²) in [5.41, 5.74) is 3.55. The van der Waals surface area contributed by atoms with Gasteiger partial charge >= 0.3 is 0 Å². The van der Waals surface area contributed by atoms with Crippen LogP contribution >= 0.6 is 0 Å². The molecule has 2 aromatic rings. The first kappa shape index (κ1) is 8.50. The Morgan fingerprint density at radius 1 is 1.06 bits per heavy atom. The fraction of sp³-hybridized carbons (Fsp3) is 0.545. The summed E-state index contributed by atoms with van der Waals surface area (Å²) in [6, 6.07) is 0. The maximum Gasteiger partial charge on any atom is 0.201 e. The van der Waals surface area contributed by atoms with E-state index in [4.69, 9.17) is 0 Å². The molecule has 0 aromatic carbocycles. The summed E-state index contributed by atoms with van der Waals surface area (Å²) in [5.74, 6) is 2.42. The van der Waals surface area contributed by atoms with Crippen LogP contribution in [-0.2, 0) is 12.8 Å². The monoisotopic (exact) mass is 215 g/mol. The number of rotatable bonds is 2. The Hall–Kier alpha value is -1.65. The van der Waals surface area contributed by atoms with Gasteiger partial charge in [-0.05, 0) is 32.1 Å². The zero-order valence-electron chi connectivity index (χ0n) is 8.95. The van der Waals surface area contributed by atoms with E-state index >= 15 is 0 Å². The van der Waals surface area contributed by atoms with Gasteiger partial charge in [0.25, 0.3) is 0 Å². The van der Waals surface area contributed by atoms with Gasteiger partial charge in [-0.3, -0.25) is 10.2 Å². The Morgan fingerprint density at radius 3 is 2.88 bits per heavy atom. The minimum absolute atomic E-state index is 0.619. The largest absolute Gasteiger partial charge is 0.282 e. The number of aromatic amines is 2. The van der Waals surface area contributed by atoms with Crippen LogP contribution in [0.25, 0.3) is 11.5 Å². The van der Waals surface area contributed by atoms with Crippen LogP contribution in [0.4, 0.5) is 0 Å². The molecule has 0 amide bonds. The average Bonchev–Trinajstić information content (AvgIpc) is 2.76. The number of H-pyrrole nitrogens is 2. The zero-order valence-corrected chi connectivity index (χ0v) is 8.95. The standard InChI is InChI=1S/C11H13N5/c1-2-7-8(3-1)13-14-9(7)11-12-10(15-16-11)6-4-5-6/h6H,1-5H2,(H,13,14)(H,12,15,16). The first-order chi connectivity index (χ1) is 7.92. The number of aryl methyl sites for hydroxylation is 1. The molecule has 2 aliphatic carbocycles. The summed E-state index contributed by atoms with van der Waals surface area (Å²) in [6.07, 6.45) is 5.92. The highest BCUT2D eigenvalue weighted by molar-refractivity contribution is 5.57. The van der Waals surface area contributed by atoms with Crippen molar-refractivity contribution < 1.29 is 0 Å². The zero-order chi connectivity index (χ0) is 10.5. The van der Waals surface area contributed by atoms with Crippen LogP contribution in [0.15, 0.2) is 0 Å². The lowest BCUT2D eigenvalue weighted by Gasteiger charge is -1.91. The van der Waals surface area contributed by atoms with Crippen molar-refractivity contribution >= 4 is 0 Å². The van der Waals surface area contributed by atoms with Crippen molar-refractivity contribution in [3.8, 4) is 11.5 Å². The van der Waals surface area contributed by atoms with Crippen molar-refractivity contribution in [3.63, 3.8) is 0 Å². The van der Waals surface area contributed by atoms with E-state index in [9.17, 15) is 0 Å². The van der Waals surface area contributed by atoms with Gasteiger partial charge in [-0.15, -0.1) is 0 Å². The highest BCUT2D eigenvalue weighted by atomic mass is 15.2. The van der Waals surface area contributed by atoms with Gasteiger partial charge in [0.1, 0.15) is 11.5 Å². The normalized spacial score (nSPS) is 19.0. The summed E-state index contributed by atoms with van der Waals surface area (Å²) in [6.45, 7) is 0. The molecule has 0 radical (unpaired) electrons. The molecule has 2 N–H and O–H groups in total. The summed E-state index contributed by atoms with van der Waals surface area (Å²) in [7, 11) is 0. The fourth-order valence-electron chi connectivity index (χ4n) is 2.42. The lowest BCUT2D eigenvalue weighted by molar-refractivity contribution is 0.864. The van der Waals surface area contributed by atoms with E-state index in [2.05, 4.69) is 25.4 Å². The minimum atomic E-state index is 0.619. The molecule has 4 rings (SSSR count). The number of nitrogens with one attached hydrogen (secondary N) is 2. The number of aromatic nitrogens is 5. The maximum atomic E-state index is 4.54. The Labute approximate surface area is 92.7 Å². The van der Waals surface area contributed by atoms with Crippen LogP contribution in [0.5, 0.6) is 0 Å². The Bertz CT molecular complexity index is 534. The number of hydrogen-bond acceptors (Lipinski definition) is 3. The quantitative estimate of drug-likeness (QED) is 0.798. The molecule has 2 aromatic heterocycles. The third-order valence-electron chi connectivity index (χ3n) is 3.48. The molecule has 0 aliphatic heterocycles. The molecule has 2 aliphatic rings. The van der Waals surface area contributed by atoms with Crippen molar-refractivity contribution in [1.29, 1.82) is 0 Å². The SMILES string of the molecule is C1Cc2[nH]nc(-c3n[nH]c(C4CC4)n3)c2C1. The van der Waals surface area contributed by atoms with E-state index in [0.29, 0.717) is 5.92 Å². The lowest BCUT2D eigenvalue weighted by Crippen LogP contribution is -1.87. The molecule has 0 bridgehead atoms. The minimum Gasteiger partial charge on any atom is -0.282 e. The predicted octanol–water partition coefficient (Wildman–Crippen LogP) is 1.56. The number of nitrogens with zero attached hydrogens (tertiary/aromatic N) is 3. The molecule has 82 valence electrons. The molecule has 16 heavy (non-hydrogen) atoms. The maximum absolute atomic E-state index is 4.54. The second-order valence-corrected chi connectivity index (χ2v) is 4.70. The molecular weight excluding hydrogens is 202 g/mol. The third-order valence-corrected chi connectivity index (χ3v) is 3.48. The predicted molar refractivity (Wildman–Crippen MR) is 58.0 cm³/mol. The van der Waals surface area contributed by atoms with Gasteiger partial charge in [0.05, 0.1) is 0 Å². The van der Waals surface area contributed by atoms with Crippen molar-refractivity contribution in [1.82, 2.24) is 25.4 Å². The summed E-state index contributed by atoms with van der Waals surface area (Å²) in [4.78, 5) is 4.54. The van der Waals surface area contributed by atoms with E-state index in [1.54, 1.807) is 0 Å². The smallest absolute Gasteiger partial charge is 0.201 e. The molecule has 0 spiro atoms. The van der Waals surface area contributed by atoms with Crippen molar-refractivity contribution in [2.75, 3.05) is 0 Å². The van der Waals surface area contributed by atoms with Gasteiger partial charge < -0.3 is 0 Å². The van der Waals surface area contributed by atoms with Crippen molar-refractivity contribution in [2.45, 2.75) is 38.0 Å². The van der Waals surface area contributed by atoms with E-state index in [1.165, 1.54) is 30.5 Å². The highest BCUT2D eigenvalue weighted by Gasteiger charge is 2.28. The van der Waals surface area contributed by atoms with E-state index in [1.807, 2.05) is 0 Å². The van der Waals surface area contributed by atoms with Gasteiger partial charge in [0.15, 0.2) is 0 Å². The molecule has 0 unspecified atom stereocenters. The van der Waals surface area contributed by atoms with Crippen molar-refractivity contribution in [2.24, 2.45) is 0 Å². The van der Waals surface area contributed by atoms with Crippen molar-refractivity contribution in [3.05, 3.63) is 17.1 Å². The number of fused-ring (bicyclic) bond motifs is 1. The van der Waals surface area contributed by atoms with Gasteiger partial charge in [0.2, 0.25) is 5.82 Å². The second kappa shape index (κ2) is 2.93. The molecule has 1 fully saturated rings. The topological polar surface area (TPSA) is 70.2 Å². The molecule has 0 saturated heterocycles. The molecule has 5 nitrogen and oxygen atoms in total. The van der Waals surface area contributed by atoms with Crippen LogP contribution in [0, 0.1) is 0 Å². The van der Waals surface area contributed by atoms with Gasteiger partial charge in [-0.2, -0.15) is 10.2 Å². The van der Waals surface area contributed by atoms with Gasteiger partial charge in [0, 0.05) is 17.2 Å². The highest BCUT2D eigenvalue weighted by Crippen LogP contribution is 2.38. The summed E-state index contributed by atoms with van der Waals surface area (Å²) < 4.78 is 0. The van der Waals surface area contributed by atoms with Gasteiger partial charge in [-0.1, -0.05) is 0 Å². The molecule has 1 saturated carbocycles. The van der Waals surface area contributed by atoms with E-state index in [-0.39, 0.29) is 0 Å². The third kappa shape index (κ3) is 1.14. The van der Waals surface area contributed by atoms with Crippen LogP contribution in [-0.4, -0.2) is 25.4 Å². The molecule has 5 heteroatoms. The lowest BCUT2D eigenvalue weighted by atomic mass is 10.2.